The van der Waals surface area contributed by atoms with Gasteiger partial charge in [0, 0.05) is 37.2 Å². The lowest BCUT2D eigenvalue weighted by molar-refractivity contribution is -0.141. The van der Waals surface area contributed by atoms with Crippen molar-refractivity contribution in [3.63, 3.8) is 0 Å². The van der Waals surface area contributed by atoms with Crippen LogP contribution in [0.1, 0.15) is 60.8 Å². The van der Waals surface area contributed by atoms with E-state index >= 15 is 0 Å². The highest BCUT2D eigenvalue weighted by atomic mass is 16.5. The van der Waals surface area contributed by atoms with Gasteiger partial charge in [0.2, 0.25) is 11.6 Å². The van der Waals surface area contributed by atoms with Crippen molar-refractivity contribution in [3.8, 4) is 11.9 Å². The van der Waals surface area contributed by atoms with E-state index in [1.54, 1.807) is 17.2 Å². The van der Waals surface area contributed by atoms with Crippen LogP contribution in [0, 0.1) is 11.8 Å². The maximum Gasteiger partial charge on any atom is 0.319 e. The normalized spacial score (nSPS) is 26.0. The zero-order chi connectivity index (χ0) is 21.5. The van der Waals surface area contributed by atoms with Gasteiger partial charge in [-0.05, 0) is 18.8 Å². The van der Waals surface area contributed by atoms with Gasteiger partial charge in [0.05, 0.1) is 25.5 Å². The molecule has 9 nitrogen and oxygen atoms in total. The van der Waals surface area contributed by atoms with Gasteiger partial charge in [-0.1, -0.05) is 25.4 Å². The summed E-state index contributed by atoms with van der Waals surface area (Å²) < 4.78 is 15.8. The molecule has 0 aromatic carbocycles. The van der Waals surface area contributed by atoms with Gasteiger partial charge in [0.1, 0.15) is 5.60 Å². The van der Waals surface area contributed by atoms with Crippen molar-refractivity contribution in [2.75, 3.05) is 27.3 Å². The standard InChI is InChI=1S/C21H28N4O5/c1-12(2)16-8-17(30-24-16)19(26)25-10-13-6-5-7-14(11-25)21(13,27)15-9-22-20(29-4)23-18(15)28-3/h8-9,12-14,27H,5-7,10-11H2,1-4H3/t13-,14+,21?. The molecule has 0 spiro atoms. The number of methoxy groups -OCH3 is 2. The van der Waals surface area contributed by atoms with Crippen molar-refractivity contribution in [2.45, 2.75) is 44.6 Å². The van der Waals surface area contributed by atoms with Gasteiger partial charge in [-0.2, -0.15) is 4.98 Å². The van der Waals surface area contributed by atoms with Crippen LogP contribution in [-0.4, -0.2) is 58.3 Å². The van der Waals surface area contributed by atoms with E-state index in [0.717, 1.165) is 25.0 Å². The first-order valence-corrected chi connectivity index (χ1v) is 10.3. The Balaban J connectivity index is 1.63. The lowest BCUT2D eigenvalue weighted by atomic mass is 9.63. The molecule has 162 valence electrons. The molecule has 3 heterocycles. The number of nitrogens with zero attached hydrogens (tertiary/aromatic N) is 4. The molecular formula is C21H28N4O5. The second-order valence-corrected chi connectivity index (χ2v) is 8.41. The van der Waals surface area contributed by atoms with Crippen molar-refractivity contribution in [3.05, 3.63) is 29.3 Å². The number of fused-ring (bicyclic) bond motifs is 2. The number of ether oxygens (including phenoxy) is 2. The fourth-order valence-electron chi connectivity index (χ4n) is 4.75. The second kappa shape index (κ2) is 7.86. The molecule has 3 atom stereocenters. The number of piperidine rings is 1. The predicted molar refractivity (Wildman–Crippen MR) is 106 cm³/mol. The van der Waals surface area contributed by atoms with Gasteiger partial charge in [-0.3, -0.25) is 4.79 Å². The quantitative estimate of drug-likeness (QED) is 0.791. The first kappa shape index (κ1) is 20.6. The molecule has 2 aromatic rings. The van der Waals surface area contributed by atoms with Gasteiger partial charge < -0.3 is 24.0 Å². The monoisotopic (exact) mass is 416 g/mol. The summed E-state index contributed by atoms with van der Waals surface area (Å²) in [6.45, 7) is 4.83. The molecule has 1 aliphatic carbocycles. The molecule has 30 heavy (non-hydrogen) atoms. The summed E-state index contributed by atoms with van der Waals surface area (Å²) in [5.41, 5.74) is 0.137. The third-order valence-electron chi connectivity index (χ3n) is 6.39. The molecular weight excluding hydrogens is 388 g/mol. The molecule has 1 unspecified atom stereocenters. The van der Waals surface area contributed by atoms with Crippen LogP contribution in [-0.2, 0) is 5.60 Å². The number of carbonyl (C=O) groups excluding carboxylic acids is 1. The number of hydrogen-bond donors (Lipinski definition) is 1. The minimum absolute atomic E-state index is 0.160. The van der Waals surface area contributed by atoms with E-state index in [1.165, 1.54) is 14.2 Å². The van der Waals surface area contributed by atoms with Crippen LogP contribution in [0.4, 0.5) is 0 Å². The maximum atomic E-state index is 13.1. The van der Waals surface area contributed by atoms with E-state index in [-0.39, 0.29) is 35.4 Å². The largest absolute Gasteiger partial charge is 0.481 e. The lowest BCUT2D eigenvalue weighted by Crippen LogP contribution is -2.59. The highest BCUT2D eigenvalue weighted by molar-refractivity contribution is 5.91. The number of rotatable bonds is 5. The molecule has 2 bridgehead atoms. The summed E-state index contributed by atoms with van der Waals surface area (Å²) >= 11 is 0. The Labute approximate surface area is 175 Å². The summed E-state index contributed by atoms with van der Waals surface area (Å²) in [5.74, 6) is 0.222. The Bertz CT molecular complexity index is 914. The van der Waals surface area contributed by atoms with Gasteiger partial charge >= 0.3 is 6.01 Å². The molecule has 2 aromatic heterocycles. The topological polar surface area (TPSA) is 111 Å². The van der Waals surface area contributed by atoms with Crippen molar-refractivity contribution >= 4 is 5.91 Å². The average Bonchev–Trinajstić information content (AvgIpc) is 3.23. The first-order valence-electron chi connectivity index (χ1n) is 10.3. The average molecular weight is 416 g/mol. The van der Waals surface area contributed by atoms with Crippen LogP contribution in [0.5, 0.6) is 11.9 Å². The van der Waals surface area contributed by atoms with Gasteiger partial charge in [0.25, 0.3) is 5.91 Å². The van der Waals surface area contributed by atoms with Crippen LogP contribution in [0.3, 0.4) is 0 Å². The molecule has 0 radical (unpaired) electrons. The zero-order valence-electron chi connectivity index (χ0n) is 17.8. The molecule has 1 N–H and O–H groups in total. The fourth-order valence-corrected chi connectivity index (χ4v) is 4.75. The third-order valence-corrected chi connectivity index (χ3v) is 6.39. The summed E-state index contributed by atoms with van der Waals surface area (Å²) in [4.78, 5) is 23.3. The summed E-state index contributed by atoms with van der Waals surface area (Å²) in [6.07, 6.45) is 4.16. The Morgan fingerprint density at radius 3 is 2.53 bits per heavy atom. The Morgan fingerprint density at radius 1 is 1.27 bits per heavy atom. The Morgan fingerprint density at radius 2 is 1.97 bits per heavy atom. The van der Waals surface area contributed by atoms with Gasteiger partial charge in [-0.15, -0.1) is 0 Å². The molecule has 9 heteroatoms. The predicted octanol–water partition coefficient (Wildman–Crippen LogP) is 2.37. The van der Waals surface area contributed by atoms with E-state index in [9.17, 15) is 9.90 Å². The molecule has 2 aliphatic rings. The van der Waals surface area contributed by atoms with Crippen LogP contribution in [0.25, 0.3) is 0 Å². The van der Waals surface area contributed by atoms with Crippen molar-refractivity contribution in [2.24, 2.45) is 11.8 Å². The van der Waals surface area contributed by atoms with Crippen molar-refractivity contribution in [1.82, 2.24) is 20.0 Å². The lowest BCUT2D eigenvalue weighted by Gasteiger charge is -2.52. The number of hydrogen-bond acceptors (Lipinski definition) is 8. The second-order valence-electron chi connectivity index (χ2n) is 8.41. The minimum atomic E-state index is -1.17. The molecule has 2 fully saturated rings. The molecule has 4 rings (SSSR count). The highest BCUT2D eigenvalue weighted by Crippen LogP contribution is 2.51. The smallest absolute Gasteiger partial charge is 0.319 e. The number of aliphatic hydroxyl groups is 1. The van der Waals surface area contributed by atoms with Crippen molar-refractivity contribution in [1.29, 1.82) is 0 Å². The van der Waals surface area contributed by atoms with Crippen LogP contribution < -0.4 is 9.47 Å². The number of amides is 1. The molecule has 1 saturated carbocycles. The Hall–Kier alpha value is -2.68. The van der Waals surface area contributed by atoms with E-state index in [0.29, 0.717) is 24.5 Å². The Kier molecular flexibility index (Phi) is 5.40. The van der Waals surface area contributed by atoms with E-state index in [2.05, 4.69) is 15.1 Å². The number of likely N-dealkylation sites (tertiary alicyclic amines) is 1. The van der Waals surface area contributed by atoms with E-state index < -0.39 is 5.60 Å². The molecule has 1 saturated heterocycles. The summed E-state index contributed by atoms with van der Waals surface area (Å²) in [5, 5.41) is 15.9. The minimum Gasteiger partial charge on any atom is -0.481 e. The van der Waals surface area contributed by atoms with Gasteiger partial charge in [0.15, 0.2) is 0 Å². The molecule has 1 amide bonds. The third kappa shape index (κ3) is 3.30. The summed E-state index contributed by atoms with van der Waals surface area (Å²) in [7, 11) is 3.00. The maximum absolute atomic E-state index is 13.1. The SMILES string of the molecule is COc1ncc(C2(O)[C@@H]3CCC[C@H]2CN(C(=O)c2cc(C(C)C)no2)C3)c(OC)n1. The first-order chi connectivity index (χ1) is 14.4. The fraction of sp³-hybridized carbons (Fsp3) is 0.619. The molecule has 1 aliphatic heterocycles. The van der Waals surface area contributed by atoms with Crippen LogP contribution >= 0.6 is 0 Å². The van der Waals surface area contributed by atoms with Gasteiger partial charge in [-0.25, -0.2) is 4.98 Å². The van der Waals surface area contributed by atoms with E-state index in [1.807, 2.05) is 13.8 Å². The number of carbonyl (C=O) groups is 1. The van der Waals surface area contributed by atoms with E-state index in [4.69, 9.17) is 14.0 Å². The number of aromatic nitrogens is 3. The highest BCUT2D eigenvalue weighted by Gasteiger charge is 2.54. The zero-order valence-corrected chi connectivity index (χ0v) is 17.8. The van der Waals surface area contributed by atoms with Crippen LogP contribution in [0.2, 0.25) is 0 Å². The summed E-state index contributed by atoms with van der Waals surface area (Å²) in [6, 6.07) is 1.90. The van der Waals surface area contributed by atoms with Crippen molar-refractivity contribution < 1.29 is 23.9 Å². The van der Waals surface area contributed by atoms with Crippen LogP contribution in [0.15, 0.2) is 16.8 Å².